The van der Waals surface area contributed by atoms with E-state index in [9.17, 15) is 0 Å². The second-order valence-corrected chi connectivity index (χ2v) is 4.69. The zero-order valence-electron chi connectivity index (χ0n) is 12.0. The molecule has 22 heavy (non-hydrogen) atoms. The van der Waals surface area contributed by atoms with Crippen molar-refractivity contribution < 1.29 is 19.4 Å². The Balaban J connectivity index is 1.93. The van der Waals surface area contributed by atoms with Crippen LogP contribution >= 0.6 is 11.6 Å². The quantitative estimate of drug-likeness (QED) is 0.366. The third-order valence-electron chi connectivity index (χ3n) is 2.83. The molecule has 0 aliphatic heterocycles. The molecule has 2 aromatic carbocycles. The Kier molecular flexibility index (Phi) is 5.91. The van der Waals surface area contributed by atoms with Crippen molar-refractivity contribution in [3.05, 3.63) is 53.1 Å². The van der Waals surface area contributed by atoms with E-state index >= 15 is 0 Å². The van der Waals surface area contributed by atoms with Gasteiger partial charge in [-0.3, -0.25) is 0 Å². The van der Waals surface area contributed by atoms with Crippen LogP contribution in [0.25, 0.3) is 0 Å². The van der Waals surface area contributed by atoms with Crippen LogP contribution in [0.2, 0.25) is 5.02 Å². The van der Waals surface area contributed by atoms with E-state index in [1.807, 2.05) is 12.1 Å². The van der Waals surface area contributed by atoms with Gasteiger partial charge < -0.3 is 19.4 Å². The second-order valence-electron chi connectivity index (χ2n) is 4.28. The maximum atomic E-state index is 8.57. The van der Waals surface area contributed by atoms with Gasteiger partial charge in [-0.05, 0) is 30.3 Å². The van der Waals surface area contributed by atoms with Gasteiger partial charge in [0.2, 0.25) is 0 Å². The molecule has 0 saturated carbocycles. The molecular weight excluding hydrogens is 306 g/mol. The monoisotopic (exact) mass is 321 g/mol. The fourth-order valence-corrected chi connectivity index (χ4v) is 2.01. The molecular formula is C16H16ClNO4. The molecule has 5 nitrogen and oxygen atoms in total. The number of hydrogen-bond acceptors (Lipinski definition) is 5. The van der Waals surface area contributed by atoms with Crippen molar-refractivity contribution in [1.29, 1.82) is 0 Å². The first kappa shape index (κ1) is 16.0. The maximum absolute atomic E-state index is 8.57. The summed E-state index contributed by atoms with van der Waals surface area (Å²) in [5, 5.41) is 12.1. The summed E-state index contributed by atoms with van der Waals surface area (Å²) in [4.78, 5) is 0. The van der Waals surface area contributed by atoms with E-state index in [0.717, 1.165) is 0 Å². The molecule has 2 rings (SSSR count). The van der Waals surface area contributed by atoms with Crippen molar-refractivity contribution in [2.45, 2.75) is 0 Å². The molecule has 0 radical (unpaired) electrons. The molecule has 0 aliphatic rings. The van der Waals surface area contributed by atoms with Crippen LogP contribution < -0.4 is 14.2 Å². The Morgan fingerprint density at radius 3 is 2.45 bits per heavy atom. The minimum absolute atomic E-state index is 0.321. The standard InChI is InChI=1S/C16H16ClNO4/c1-20-15-7-6-12(11-18-19)10-16(15)22-9-8-21-14-5-3-2-4-13(14)17/h2-7,10-11,19H,8-9H2,1H3/b18-11+. The van der Waals surface area contributed by atoms with Crippen molar-refractivity contribution >= 4 is 17.8 Å². The highest BCUT2D eigenvalue weighted by atomic mass is 35.5. The average Bonchev–Trinajstić information content (AvgIpc) is 2.54. The highest BCUT2D eigenvalue weighted by Crippen LogP contribution is 2.28. The predicted octanol–water partition coefficient (Wildman–Crippen LogP) is 3.61. The molecule has 0 amide bonds. The largest absolute Gasteiger partial charge is 0.493 e. The van der Waals surface area contributed by atoms with Gasteiger partial charge in [0, 0.05) is 5.56 Å². The SMILES string of the molecule is COc1ccc(/C=N/O)cc1OCCOc1ccccc1Cl. The Labute approximate surface area is 133 Å². The second kappa shape index (κ2) is 8.14. The molecule has 0 spiro atoms. The van der Waals surface area contributed by atoms with Gasteiger partial charge in [0.05, 0.1) is 18.3 Å². The number of ether oxygens (including phenoxy) is 3. The lowest BCUT2D eigenvalue weighted by atomic mass is 10.2. The summed E-state index contributed by atoms with van der Waals surface area (Å²) in [5.41, 5.74) is 0.699. The first-order valence-electron chi connectivity index (χ1n) is 6.60. The lowest BCUT2D eigenvalue weighted by Gasteiger charge is -2.12. The highest BCUT2D eigenvalue weighted by molar-refractivity contribution is 6.32. The van der Waals surface area contributed by atoms with E-state index in [0.29, 0.717) is 41.0 Å². The number of benzene rings is 2. The first-order chi connectivity index (χ1) is 10.7. The molecule has 0 fully saturated rings. The number of halogens is 1. The third kappa shape index (κ3) is 4.30. The molecule has 116 valence electrons. The molecule has 0 unspecified atom stereocenters. The normalized spacial score (nSPS) is 10.6. The van der Waals surface area contributed by atoms with E-state index in [1.54, 1.807) is 37.4 Å². The lowest BCUT2D eigenvalue weighted by Crippen LogP contribution is -2.10. The Morgan fingerprint density at radius 2 is 1.77 bits per heavy atom. The molecule has 0 atom stereocenters. The predicted molar refractivity (Wildman–Crippen MR) is 84.8 cm³/mol. The smallest absolute Gasteiger partial charge is 0.161 e. The summed E-state index contributed by atoms with van der Waals surface area (Å²) >= 11 is 6.00. The van der Waals surface area contributed by atoms with Crippen LogP contribution in [0.5, 0.6) is 17.2 Å². The van der Waals surface area contributed by atoms with Crippen LogP contribution in [-0.4, -0.2) is 31.7 Å². The molecule has 2 aromatic rings. The maximum Gasteiger partial charge on any atom is 0.161 e. The van der Waals surface area contributed by atoms with Crippen LogP contribution in [0, 0.1) is 0 Å². The van der Waals surface area contributed by atoms with Crippen LogP contribution in [0.4, 0.5) is 0 Å². The van der Waals surface area contributed by atoms with E-state index in [-0.39, 0.29) is 0 Å². The highest BCUT2D eigenvalue weighted by Gasteiger charge is 2.06. The van der Waals surface area contributed by atoms with Crippen molar-refractivity contribution in [1.82, 2.24) is 0 Å². The zero-order valence-corrected chi connectivity index (χ0v) is 12.8. The van der Waals surface area contributed by atoms with Crippen molar-refractivity contribution in [2.75, 3.05) is 20.3 Å². The van der Waals surface area contributed by atoms with Crippen molar-refractivity contribution in [3.8, 4) is 17.2 Å². The van der Waals surface area contributed by atoms with Crippen LogP contribution in [0.3, 0.4) is 0 Å². The Hall–Kier alpha value is -2.40. The first-order valence-corrected chi connectivity index (χ1v) is 6.98. The van der Waals surface area contributed by atoms with Gasteiger partial charge >= 0.3 is 0 Å². The number of methoxy groups -OCH3 is 1. The average molecular weight is 322 g/mol. The van der Waals surface area contributed by atoms with Crippen molar-refractivity contribution in [3.63, 3.8) is 0 Å². The number of oxime groups is 1. The fraction of sp³-hybridized carbons (Fsp3) is 0.188. The van der Waals surface area contributed by atoms with Gasteiger partial charge in [-0.2, -0.15) is 0 Å². The minimum atomic E-state index is 0.321. The molecule has 0 aliphatic carbocycles. The molecule has 0 aromatic heterocycles. The van der Waals surface area contributed by atoms with E-state index in [2.05, 4.69) is 5.16 Å². The fourth-order valence-electron chi connectivity index (χ4n) is 1.82. The van der Waals surface area contributed by atoms with Gasteiger partial charge in [0.25, 0.3) is 0 Å². The number of nitrogens with zero attached hydrogens (tertiary/aromatic N) is 1. The van der Waals surface area contributed by atoms with Gasteiger partial charge in [0.15, 0.2) is 11.5 Å². The van der Waals surface area contributed by atoms with Crippen molar-refractivity contribution in [2.24, 2.45) is 5.16 Å². The number of para-hydroxylation sites is 1. The van der Waals surface area contributed by atoms with Gasteiger partial charge in [-0.15, -0.1) is 0 Å². The number of hydrogen-bond donors (Lipinski definition) is 1. The molecule has 6 heteroatoms. The summed E-state index contributed by atoms with van der Waals surface area (Å²) in [7, 11) is 1.56. The van der Waals surface area contributed by atoms with E-state index in [4.69, 9.17) is 31.0 Å². The van der Waals surface area contributed by atoms with E-state index in [1.165, 1.54) is 6.21 Å². The van der Waals surface area contributed by atoms with Crippen LogP contribution in [-0.2, 0) is 0 Å². The van der Waals surface area contributed by atoms with Gasteiger partial charge in [-0.25, -0.2) is 0 Å². The van der Waals surface area contributed by atoms with Crippen LogP contribution in [0.15, 0.2) is 47.6 Å². The zero-order chi connectivity index (χ0) is 15.8. The lowest BCUT2D eigenvalue weighted by molar-refractivity contribution is 0.211. The van der Waals surface area contributed by atoms with E-state index < -0.39 is 0 Å². The Bertz CT molecular complexity index is 646. The summed E-state index contributed by atoms with van der Waals surface area (Å²) < 4.78 is 16.4. The topological polar surface area (TPSA) is 60.3 Å². The summed E-state index contributed by atoms with van der Waals surface area (Å²) in [6, 6.07) is 12.5. The van der Waals surface area contributed by atoms with Gasteiger partial charge in [0.1, 0.15) is 19.0 Å². The molecule has 1 N–H and O–H groups in total. The molecule has 0 saturated heterocycles. The summed E-state index contributed by atoms with van der Waals surface area (Å²) in [6.45, 7) is 0.659. The van der Waals surface area contributed by atoms with Gasteiger partial charge in [-0.1, -0.05) is 28.9 Å². The third-order valence-corrected chi connectivity index (χ3v) is 3.14. The van der Waals surface area contributed by atoms with Crippen LogP contribution in [0.1, 0.15) is 5.56 Å². The Morgan fingerprint density at radius 1 is 1.05 bits per heavy atom. The molecule has 0 heterocycles. The summed E-state index contributed by atoms with van der Waals surface area (Å²) in [6.07, 6.45) is 1.31. The molecule has 0 bridgehead atoms. The summed E-state index contributed by atoms with van der Waals surface area (Å²) in [5.74, 6) is 1.75. The minimum Gasteiger partial charge on any atom is -0.493 e. The number of rotatable bonds is 7.